The molecule has 3 fully saturated rings. The van der Waals surface area contributed by atoms with Crippen LogP contribution in [0.4, 0.5) is 0 Å². The fourth-order valence-corrected chi connectivity index (χ4v) is 4.02. The highest BCUT2D eigenvalue weighted by molar-refractivity contribution is 4.94. The second-order valence-corrected chi connectivity index (χ2v) is 6.71. The van der Waals surface area contributed by atoms with Gasteiger partial charge in [-0.25, -0.2) is 0 Å². The zero-order chi connectivity index (χ0) is 13.3. The van der Waals surface area contributed by atoms with Crippen LogP contribution in [0.2, 0.25) is 0 Å². The van der Waals surface area contributed by atoms with E-state index in [1.165, 1.54) is 32.1 Å². The smallest absolute Gasteiger partial charge is 0.0951 e. The minimum Gasteiger partial charge on any atom is -0.378 e. The van der Waals surface area contributed by atoms with Crippen LogP contribution >= 0.6 is 0 Å². The van der Waals surface area contributed by atoms with Crippen LogP contribution in [0.5, 0.6) is 0 Å². The molecule has 0 bridgehead atoms. The summed E-state index contributed by atoms with van der Waals surface area (Å²) in [7, 11) is 2.31. The highest BCUT2D eigenvalue weighted by atomic mass is 16.6. The summed E-state index contributed by atoms with van der Waals surface area (Å²) < 4.78 is 11.6. The van der Waals surface area contributed by atoms with Crippen molar-refractivity contribution in [2.24, 2.45) is 5.73 Å². The Labute approximate surface area is 116 Å². The molecule has 0 aromatic carbocycles. The zero-order valence-electron chi connectivity index (χ0n) is 12.1. The van der Waals surface area contributed by atoms with Crippen LogP contribution in [-0.4, -0.2) is 55.5 Å². The Morgan fingerprint density at radius 2 is 1.84 bits per heavy atom. The molecular weight excluding hydrogens is 240 g/mol. The molecule has 2 aliphatic heterocycles. The van der Waals surface area contributed by atoms with Crippen molar-refractivity contribution < 1.29 is 9.47 Å². The molecule has 0 amide bonds. The van der Waals surface area contributed by atoms with Gasteiger partial charge >= 0.3 is 0 Å². The van der Waals surface area contributed by atoms with Gasteiger partial charge in [0.1, 0.15) is 0 Å². The Morgan fingerprint density at radius 3 is 2.53 bits per heavy atom. The second kappa shape index (κ2) is 5.68. The lowest BCUT2D eigenvalue weighted by atomic mass is 9.85. The first-order chi connectivity index (χ1) is 9.19. The minimum atomic E-state index is 0.0300. The van der Waals surface area contributed by atoms with Crippen LogP contribution in [0.1, 0.15) is 44.9 Å². The summed E-state index contributed by atoms with van der Waals surface area (Å²) in [6.45, 7) is 2.56. The number of rotatable bonds is 2. The largest absolute Gasteiger partial charge is 0.378 e. The predicted octanol–water partition coefficient (Wildman–Crippen LogP) is 1.53. The van der Waals surface area contributed by atoms with Crippen molar-refractivity contribution >= 4 is 0 Å². The van der Waals surface area contributed by atoms with E-state index in [-0.39, 0.29) is 5.60 Å². The monoisotopic (exact) mass is 268 g/mol. The van der Waals surface area contributed by atoms with Crippen molar-refractivity contribution in [1.82, 2.24) is 4.90 Å². The van der Waals surface area contributed by atoms with E-state index in [4.69, 9.17) is 15.2 Å². The van der Waals surface area contributed by atoms with Gasteiger partial charge in [0.15, 0.2) is 0 Å². The Kier molecular flexibility index (Phi) is 4.13. The van der Waals surface area contributed by atoms with Gasteiger partial charge in [-0.05, 0) is 45.6 Å². The number of nitrogens with zero attached hydrogens (tertiary/aromatic N) is 1. The molecule has 4 heteroatoms. The first kappa shape index (κ1) is 13.8. The van der Waals surface area contributed by atoms with E-state index < -0.39 is 0 Å². The molecule has 1 aliphatic carbocycles. The Bertz CT molecular complexity index is 297. The van der Waals surface area contributed by atoms with Crippen LogP contribution in [0.15, 0.2) is 0 Å². The van der Waals surface area contributed by atoms with E-state index >= 15 is 0 Å². The van der Waals surface area contributed by atoms with Gasteiger partial charge in [-0.15, -0.1) is 0 Å². The predicted molar refractivity (Wildman–Crippen MR) is 75.1 cm³/mol. The van der Waals surface area contributed by atoms with Gasteiger partial charge in [0.25, 0.3) is 0 Å². The van der Waals surface area contributed by atoms with Gasteiger partial charge < -0.3 is 20.1 Å². The standard InChI is InChI=1S/C15H28N2O2/c1-17(13-4-2-12(16)3-5-13)14-6-8-19-15(10-14)7-9-18-11-15/h12-14H,2-11,16H2,1H3. The average Bonchev–Trinajstić information content (AvgIpc) is 2.87. The highest BCUT2D eigenvalue weighted by Gasteiger charge is 2.43. The number of hydrogen-bond donors (Lipinski definition) is 1. The lowest BCUT2D eigenvalue weighted by molar-refractivity contribution is -0.109. The van der Waals surface area contributed by atoms with Crippen molar-refractivity contribution in [3.63, 3.8) is 0 Å². The fraction of sp³-hybridized carbons (Fsp3) is 1.00. The summed E-state index contributed by atoms with van der Waals surface area (Å²) >= 11 is 0. The van der Waals surface area contributed by atoms with Crippen molar-refractivity contribution in [1.29, 1.82) is 0 Å². The lowest BCUT2D eigenvalue weighted by Gasteiger charge is -2.45. The van der Waals surface area contributed by atoms with Crippen molar-refractivity contribution in [2.75, 3.05) is 26.9 Å². The second-order valence-electron chi connectivity index (χ2n) is 6.71. The van der Waals surface area contributed by atoms with E-state index in [9.17, 15) is 0 Å². The molecule has 19 heavy (non-hydrogen) atoms. The summed E-state index contributed by atoms with van der Waals surface area (Å²) in [6, 6.07) is 1.82. The van der Waals surface area contributed by atoms with Gasteiger partial charge in [0.2, 0.25) is 0 Å². The molecule has 3 rings (SSSR count). The zero-order valence-corrected chi connectivity index (χ0v) is 12.1. The summed E-state index contributed by atoms with van der Waals surface area (Å²) in [5.74, 6) is 0. The van der Waals surface area contributed by atoms with Crippen LogP contribution < -0.4 is 5.73 Å². The van der Waals surface area contributed by atoms with E-state index in [2.05, 4.69) is 11.9 Å². The van der Waals surface area contributed by atoms with Crippen LogP contribution in [0.25, 0.3) is 0 Å². The molecule has 1 saturated carbocycles. The van der Waals surface area contributed by atoms with Crippen LogP contribution in [0, 0.1) is 0 Å². The molecule has 2 heterocycles. The lowest BCUT2D eigenvalue weighted by Crippen LogP contribution is -2.51. The number of ether oxygens (including phenoxy) is 2. The van der Waals surface area contributed by atoms with E-state index in [0.29, 0.717) is 12.1 Å². The SMILES string of the molecule is CN(C1CCC(N)CC1)C1CCOC2(CCOC2)C1. The maximum atomic E-state index is 6.04. The maximum Gasteiger partial charge on any atom is 0.0951 e. The van der Waals surface area contributed by atoms with E-state index in [0.717, 1.165) is 38.7 Å². The number of nitrogens with two attached hydrogens (primary N) is 1. The van der Waals surface area contributed by atoms with Crippen molar-refractivity contribution in [2.45, 2.75) is 68.7 Å². The third-order valence-electron chi connectivity index (χ3n) is 5.43. The van der Waals surface area contributed by atoms with Gasteiger partial charge in [0.05, 0.1) is 12.2 Å². The first-order valence-electron chi connectivity index (χ1n) is 7.88. The van der Waals surface area contributed by atoms with Crippen molar-refractivity contribution in [3.05, 3.63) is 0 Å². The summed E-state index contributed by atoms with van der Waals surface area (Å²) in [6.07, 6.45) is 8.29. The topological polar surface area (TPSA) is 47.7 Å². The molecule has 0 aromatic rings. The quantitative estimate of drug-likeness (QED) is 0.825. The molecule has 2 saturated heterocycles. The molecular formula is C15H28N2O2. The summed E-state index contributed by atoms with van der Waals surface area (Å²) in [4.78, 5) is 2.62. The van der Waals surface area contributed by atoms with Gasteiger partial charge in [-0.3, -0.25) is 0 Å². The summed E-state index contributed by atoms with van der Waals surface area (Å²) in [5.41, 5.74) is 6.04. The molecule has 2 unspecified atom stereocenters. The fourth-order valence-electron chi connectivity index (χ4n) is 4.02. The molecule has 110 valence electrons. The van der Waals surface area contributed by atoms with Crippen molar-refractivity contribution in [3.8, 4) is 0 Å². The normalized spacial score (nSPS) is 44.1. The molecule has 1 spiro atoms. The molecule has 3 aliphatic rings. The molecule has 4 nitrogen and oxygen atoms in total. The number of hydrogen-bond acceptors (Lipinski definition) is 4. The minimum absolute atomic E-state index is 0.0300. The van der Waals surface area contributed by atoms with Crippen LogP contribution in [-0.2, 0) is 9.47 Å². The van der Waals surface area contributed by atoms with Gasteiger partial charge in [-0.1, -0.05) is 0 Å². The van der Waals surface area contributed by atoms with E-state index in [1.54, 1.807) is 0 Å². The summed E-state index contributed by atoms with van der Waals surface area (Å²) in [5, 5.41) is 0. The van der Waals surface area contributed by atoms with Gasteiger partial charge in [0, 0.05) is 37.8 Å². The molecule has 2 N–H and O–H groups in total. The Hall–Kier alpha value is -0.160. The highest BCUT2D eigenvalue weighted by Crippen LogP contribution is 2.36. The third kappa shape index (κ3) is 2.97. The molecule has 0 radical (unpaired) electrons. The molecule has 2 atom stereocenters. The Balaban J connectivity index is 1.58. The van der Waals surface area contributed by atoms with Crippen LogP contribution in [0.3, 0.4) is 0 Å². The van der Waals surface area contributed by atoms with E-state index in [1.807, 2.05) is 0 Å². The van der Waals surface area contributed by atoms with Gasteiger partial charge in [-0.2, -0.15) is 0 Å². The first-order valence-corrected chi connectivity index (χ1v) is 7.88. The maximum absolute atomic E-state index is 6.04. The third-order valence-corrected chi connectivity index (χ3v) is 5.43. The Morgan fingerprint density at radius 1 is 1.05 bits per heavy atom. The molecule has 0 aromatic heterocycles. The average molecular weight is 268 g/mol.